The lowest BCUT2D eigenvalue weighted by atomic mass is 9.92. The molecular weight excluding hydrogens is 651 g/mol. The number of aliphatic imine (C=N–C) groups is 1. The van der Waals surface area contributed by atoms with E-state index in [1.54, 1.807) is 0 Å². The summed E-state index contributed by atoms with van der Waals surface area (Å²) in [5, 5.41) is 5.33. The van der Waals surface area contributed by atoms with E-state index >= 15 is 0 Å². The van der Waals surface area contributed by atoms with Crippen LogP contribution in [-0.4, -0.2) is 25.5 Å². The van der Waals surface area contributed by atoms with Gasteiger partial charge in [-0.25, -0.2) is 15.0 Å². The molecule has 0 unspecified atom stereocenters. The predicted molar refractivity (Wildman–Crippen MR) is 222 cm³/mol. The number of fused-ring (bicyclic) bond motifs is 13. The summed E-state index contributed by atoms with van der Waals surface area (Å²) < 4.78 is 11.1. The molecule has 254 valence electrons. The summed E-state index contributed by atoms with van der Waals surface area (Å²) in [5.74, 6) is 2.21. The number of hydrogen-bond donors (Lipinski definition) is 0. The minimum absolute atomic E-state index is 0.717. The standard InChI is InChI=1S/C47H35N5O/c1-6-11-35-33-19-17-31(25-37(33)47-50-40-13-8-10-15-43(40)52(47)45(35)48-5)53-32-18-20-34-36-24-30(44-28(3)22-27(2)23-29(44)4)16-21-41(36)51-42-14-9-7-12-39(42)49-46(51)38(34)26-32/h6-26H,5H2,1-4H3/b11-6-. The number of aromatic nitrogens is 4. The van der Waals surface area contributed by atoms with Gasteiger partial charge in [0.15, 0.2) is 0 Å². The van der Waals surface area contributed by atoms with E-state index in [-0.39, 0.29) is 0 Å². The monoisotopic (exact) mass is 685 g/mol. The molecule has 0 N–H and O–H groups in total. The van der Waals surface area contributed by atoms with Crippen molar-refractivity contribution in [2.24, 2.45) is 4.99 Å². The second-order valence-electron chi connectivity index (χ2n) is 13.9. The summed E-state index contributed by atoms with van der Waals surface area (Å²) in [7, 11) is 0. The van der Waals surface area contributed by atoms with Crippen LogP contribution in [0.2, 0.25) is 0 Å². The number of benzene rings is 6. The van der Waals surface area contributed by atoms with Crippen LogP contribution in [0.1, 0.15) is 29.2 Å². The molecule has 0 aliphatic carbocycles. The number of nitrogens with zero attached hydrogens (tertiary/aromatic N) is 5. The van der Waals surface area contributed by atoms with E-state index in [0.29, 0.717) is 0 Å². The summed E-state index contributed by atoms with van der Waals surface area (Å²) in [5.41, 5.74) is 14.1. The van der Waals surface area contributed by atoms with Crippen LogP contribution >= 0.6 is 0 Å². The summed E-state index contributed by atoms with van der Waals surface area (Å²) in [6.07, 6.45) is 4.12. The Hall–Kier alpha value is -6.79. The Balaban J connectivity index is 1.19. The van der Waals surface area contributed by atoms with Gasteiger partial charge in [0.1, 0.15) is 28.6 Å². The average molecular weight is 686 g/mol. The number of hydrogen-bond acceptors (Lipinski definition) is 4. The van der Waals surface area contributed by atoms with Gasteiger partial charge in [-0.05, 0) is 140 Å². The molecule has 53 heavy (non-hydrogen) atoms. The van der Waals surface area contributed by atoms with E-state index in [9.17, 15) is 0 Å². The first-order valence-electron chi connectivity index (χ1n) is 17.9. The van der Waals surface area contributed by atoms with Gasteiger partial charge in [0, 0.05) is 21.7 Å². The quantitative estimate of drug-likeness (QED) is 0.134. The average Bonchev–Trinajstić information content (AvgIpc) is 3.75. The van der Waals surface area contributed by atoms with E-state index in [2.05, 4.69) is 132 Å². The molecule has 0 aliphatic rings. The van der Waals surface area contributed by atoms with Crippen molar-refractivity contribution in [3.63, 3.8) is 0 Å². The molecule has 0 bridgehead atoms. The van der Waals surface area contributed by atoms with Crippen LogP contribution in [-0.2, 0) is 0 Å². The van der Waals surface area contributed by atoms with Crippen molar-refractivity contribution in [2.45, 2.75) is 27.7 Å². The second kappa shape index (κ2) is 11.6. The van der Waals surface area contributed by atoms with Gasteiger partial charge in [-0.15, -0.1) is 0 Å². The van der Waals surface area contributed by atoms with Crippen LogP contribution in [0.3, 0.4) is 0 Å². The van der Waals surface area contributed by atoms with Gasteiger partial charge < -0.3 is 4.74 Å². The van der Waals surface area contributed by atoms with Gasteiger partial charge in [0.05, 0.1) is 27.6 Å². The normalized spacial score (nSPS) is 12.2. The summed E-state index contributed by atoms with van der Waals surface area (Å²) >= 11 is 0. The topological polar surface area (TPSA) is 56.2 Å². The molecule has 0 radical (unpaired) electrons. The summed E-state index contributed by atoms with van der Waals surface area (Å²) in [6.45, 7) is 12.5. The Kier molecular flexibility index (Phi) is 6.79. The smallest absolute Gasteiger partial charge is 0.147 e. The largest absolute Gasteiger partial charge is 0.457 e. The van der Waals surface area contributed by atoms with Crippen molar-refractivity contribution in [1.82, 2.24) is 18.8 Å². The number of imidazole rings is 2. The van der Waals surface area contributed by atoms with Crippen LogP contribution in [0, 0.1) is 20.8 Å². The number of allylic oxidation sites excluding steroid dienone is 1. The van der Waals surface area contributed by atoms with E-state index < -0.39 is 0 Å². The molecule has 6 nitrogen and oxygen atoms in total. The third-order valence-corrected chi connectivity index (χ3v) is 10.5. The van der Waals surface area contributed by atoms with E-state index in [1.165, 1.54) is 33.2 Å². The van der Waals surface area contributed by atoms with Crippen molar-refractivity contribution in [3.05, 3.63) is 144 Å². The van der Waals surface area contributed by atoms with Crippen molar-refractivity contribution < 1.29 is 4.74 Å². The number of aryl methyl sites for hydroxylation is 3. The molecule has 10 aromatic rings. The maximum absolute atomic E-state index is 6.72. The van der Waals surface area contributed by atoms with Crippen LogP contribution < -0.4 is 4.74 Å². The van der Waals surface area contributed by atoms with Gasteiger partial charge in [0.25, 0.3) is 0 Å². The van der Waals surface area contributed by atoms with Crippen molar-refractivity contribution in [3.8, 4) is 22.6 Å². The third-order valence-electron chi connectivity index (χ3n) is 10.5. The van der Waals surface area contributed by atoms with E-state index in [0.717, 1.165) is 83.3 Å². The minimum Gasteiger partial charge on any atom is -0.457 e. The van der Waals surface area contributed by atoms with Gasteiger partial charge >= 0.3 is 0 Å². The number of para-hydroxylation sites is 4. The zero-order valence-corrected chi connectivity index (χ0v) is 30.0. The summed E-state index contributed by atoms with van der Waals surface area (Å²) in [4.78, 5) is 14.7. The van der Waals surface area contributed by atoms with Gasteiger partial charge in [0.2, 0.25) is 0 Å². The van der Waals surface area contributed by atoms with Crippen molar-refractivity contribution >= 4 is 84.4 Å². The van der Waals surface area contributed by atoms with Gasteiger partial charge in [-0.3, -0.25) is 8.80 Å². The van der Waals surface area contributed by atoms with Gasteiger partial charge in [-0.1, -0.05) is 60.2 Å². The Morgan fingerprint density at radius 1 is 0.604 bits per heavy atom. The lowest BCUT2D eigenvalue weighted by molar-refractivity contribution is 0.484. The predicted octanol–water partition coefficient (Wildman–Crippen LogP) is 12.5. The highest BCUT2D eigenvalue weighted by molar-refractivity contribution is 6.15. The lowest BCUT2D eigenvalue weighted by Gasteiger charge is -2.15. The fraction of sp³-hybridized carbons (Fsp3) is 0.0851. The molecule has 0 amide bonds. The SMILES string of the molecule is C=Nc1c(/C=C\C)c2ccc(Oc3ccc4c5cc(-c6c(C)cc(C)cc6C)ccc5n5c6ccccc6nc5c4c3)cc2c2nc3ccccc3n12. The highest BCUT2D eigenvalue weighted by Gasteiger charge is 2.19. The van der Waals surface area contributed by atoms with Crippen molar-refractivity contribution in [2.75, 3.05) is 0 Å². The fourth-order valence-corrected chi connectivity index (χ4v) is 8.49. The molecule has 0 aliphatic heterocycles. The first kappa shape index (κ1) is 31.0. The zero-order valence-electron chi connectivity index (χ0n) is 30.0. The number of rotatable bonds is 5. The minimum atomic E-state index is 0.717. The molecule has 0 saturated carbocycles. The van der Waals surface area contributed by atoms with Crippen molar-refractivity contribution in [1.29, 1.82) is 0 Å². The summed E-state index contributed by atoms with van der Waals surface area (Å²) in [6, 6.07) is 40.4. The second-order valence-corrected chi connectivity index (χ2v) is 13.9. The number of ether oxygens (including phenoxy) is 1. The van der Waals surface area contributed by atoms with E-state index in [1.807, 2.05) is 43.3 Å². The first-order valence-corrected chi connectivity index (χ1v) is 17.9. The molecule has 0 saturated heterocycles. The lowest BCUT2D eigenvalue weighted by Crippen LogP contribution is -1.95. The maximum atomic E-state index is 6.72. The Morgan fingerprint density at radius 3 is 1.87 bits per heavy atom. The fourth-order valence-electron chi connectivity index (χ4n) is 8.49. The van der Waals surface area contributed by atoms with Gasteiger partial charge in [-0.2, -0.15) is 0 Å². The molecule has 0 atom stereocenters. The molecule has 0 fully saturated rings. The zero-order chi connectivity index (χ0) is 36.0. The Labute approximate surface area is 306 Å². The molecule has 10 rings (SSSR count). The molecular formula is C47H35N5O. The molecule has 4 aromatic heterocycles. The maximum Gasteiger partial charge on any atom is 0.147 e. The molecule has 6 aromatic carbocycles. The molecule has 4 heterocycles. The third kappa shape index (κ3) is 4.62. The molecule has 6 heteroatoms. The van der Waals surface area contributed by atoms with Crippen LogP contribution in [0.15, 0.2) is 126 Å². The Bertz CT molecular complexity index is 3190. The van der Waals surface area contributed by atoms with Crippen LogP contribution in [0.4, 0.5) is 5.82 Å². The van der Waals surface area contributed by atoms with Crippen LogP contribution in [0.5, 0.6) is 11.5 Å². The van der Waals surface area contributed by atoms with E-state index in [4.69, 9.17) is 14.7 Å². The van der Waals surface area contributed by atoms with Crippen LogP contribution in [0.25, 0.3) is 83.0 Å². The highest BCUT2D eigenvalue weighted by atomic mass is 16.5. The first-order chi connectivity index (χ1) is 25.9. The number of pyridine rings is 2. The highest BCUT2D eigenvalue weighted by Crippen LogP contribution is 2.41. The Morgan fingerprint density at radius 2 is 1.21 bits per heavy atom. The molecule has 0 spiro atoms.